The highest BCUT2D eigenvalue weighted by molar-refractivity contribution is 7.88. The minimum Gasteiger partial charge on any atom is -0.489 e. The predicted molar refractivity (Wildman–Crippen MR) is 205 cm³/mol. The number of amides is 2. The van der Waals surface area contributed by atoms with Gasteiger partial charge in [-0.3, -0.25) is 9.59 Å². The number of fused-ring (bicyclic) bond motifs is 5. The molecule has 0 radical (unpaired) electrons. The fourth-order valence-electron chi connectivity index (χ4n) is 7.71. The molecule has 4 aromatic rings. The first-order chi connectivity index (χ1) is 25.3. The Bertz CT molecular complexity index is 2300. The van der Waals surface area contributed by atoms with Crippen LogP contribution in [0.3, 0.4) is 0 Å². The third kappa shape index (κ3) is 7.63. The maximum absolute atomic E-state index is 14.4. The molecule has 1 saturated carbocycles. The zero-order chi connectivity index (χ0) is 37.5. The molecule has 2 aliphatic heterocycles. The minimum absolute atomic E-state index is 0.182. The first kappa shape index (κ1) is 36.8. The summed E-state index contributed by atoms with van der Waals surface area (Å²) in [5.41, 5.74) is 6.33. The molecule has 53 heavy (non-hydrogen) atoms. The fraction of sp³-hybridized carbons (Fsp3) is 0.385. The van der Waals surface area contributed by atoms with Gasteiger partial charge in [0.1, 0.15) is 12.4 Å². The summed E-state index contributed by atoms with van der Waals surface area (Å²) in [6.07, 6.45) is 8.47. The number of carbonyl (C=O) groups is 2. The van der Waals surface area contributed by atoms with Gasteiger partial charge in [-0.2, -0.15) is 17.0 Å². The molecule has 2 amide bonds. The smallest absolute Gasteiger partial charge is 0.303 e. The summed E-state index contributed by atoms with van der Waals surface area (Å²) >= 11 is 0. The Hall–Kier alpha value is -4.50. The molecule has 2 fully saturated rings. The molecule has 7 rings (SSSR count). The van der Waals surface area contributed by atoms with Crippen molar-refractivity contribution in [3.05, 3.63) is 94.6 Å². The average molecular weight is 760 g/mol. The maximum Gasteiger partial charge on any atom is 0.303 e. The largest absolute Gasteiger partial charge is 0.489 e. The molecule has 3 aromatic carbocycles. The number of hydrogen-bond donors (Lipinski definition) is 1. The number of aromatic nitrogens is 1. The number of ether oxygens (including phenoxy) is 1. The number of benzene rings is 3. The van der Waals surface area contributed by atoms with Crippen LogP contribution in [0.15, 0.2) is 72.3 Å². The van der Waals surface area contributed by atoms with Crippen molar-refractivity contribution in [2.45, 2.75) is 51.2 Å². The van der Waals surface area contributed by atoms with Gasteiger partial charge in [-0.1, -0.05) is 55.7 Å². The maximum atomic E-state index is 14.4. The Morgan fingerprint density at radius 3 is 2.28 bits per heavy atom. The van der Waals surface area contributed by atoms with Crippen LogP contribution in [0.1, 0.15) is 65.1 Å². The lowest BCUT2D eigenvalue weighted by molar-refractivity contribution is -0.128. The van der Waals surface area contributed by atoms with Gasteiger partial charge in [-0.25, -0.2) is 13.1 Å². The van der Waals surface area contributed by atoms with Crippen LogP contribution in [0.4, 0.5) is 0 Å². The zero-order valence-corrected chi connectivity index (χ0v) is 31.9. The molecule has 14 heteroatoms. The van der Waals surface area contributed by atoms with Crippen molar-refractivity contribution in [3.63, 3.8) is 0 Å². The Kier molecular flexibility index (Phi) is 10.2. The summed E-state index contributed by atoms with van der Waals surface area (Å²) in [4.78, 5) is 29.5. The quantitative estimate of drug-likeness (QED) is 0.254. The van der Waals surface area contributed by atoms with E-state index in [1.165, 1.54) is 31.1 Å². The molecule has 3 aliphatic rings. The molecule has 0 unspecified atom stereocenters. The highest BCUT2D eigenvalue weighted by Gasteiger charge is 2.33. The second kappa shape index (κ2) is 14.7. The topological polar surface area (TPSA) is 138 Å². The Morgan fingerprint density at radius 2 is 1.60 bits per heavy atom. The summed E-state index contributed by atoms with van der Waals surface area (Å²) in [5, 5.41) is 0.963. The normalized spacial score (nSPS) is 17.2. The second-order valence-electron chi connectivity index (χ2n) is 14.3. The Labute approximate surface area is 311 Å². The van der Waals surface area contributed by atoms with Crippen LogP contribution in [0.25, 0.3) is 28.2 Å². The van der Waals surface area contributed by atoms with Gasteiger partial charge in [0.15, 0.2) is 0 Å². The number of nitrogens with one attached hydrogen (secondary N) is 1. The van der Waals surface area contributed by atoms with Crippen LogP contribution in [-0.2, 0) is 38.2 Å². The van der Waals surface area contributed by atoms with E-state index in [0.717, 1.165) is 68.8 Å². The lowest BCUT2D eigenvalue weighted by atomic mass is 9.81. The number of sulfonamides is 1. The molecule has 0 atom stereocenters. The average Bonchev–Trinajstić information content (AvgIpc) is 3.36. The van der Waals surface area contributed by atoms with Crippen molar-refractivity contribution in [3.8, 4) is 17.0 Å². The molecular weight excluding hydrogens is 715 g/mol. The predicted octanol–water partition coefficient (Wildman–Crippen LogP) is 4.97. The monoisotopic (exact) mass is 759 g/mol. The van der Waals surface area contributed by atoms with Gasteiger partial charge >= 0.3 is 10.2 Å². The number of nitrogens with zero attached hydrogens (tertiary/aromatic N) is 4. The van der Waals surface area contributed by atoms with Gasteiger partial charge in [0.25, 0.3) is 11.8 Å². The third-order valence-electron chi connectivity index (χ3n) is 10.5. The van der Waals surface area contributed by atoms with Crippen molar-refractivity contribution in [2.24, 2.45) is 0 Å². The van der Waals surface area contributed by atoms with Crippen molar-refractivity contribution in [1.29, 1.82) is 0 Å². The molecule has 1 aliphatic carbocycles. The Morgan fingerprint density at radius 1 is 0.887 bits per heavy atom. The van der Waals surface area contributed by atoms with Crippen LogP contribution in [0.2, 0.25) is 0 Å². The van der Waals surface area contributed by atoms with Crippen LogP contribution < -0.4 is 9.46 Å². The van der Waals surface area contributed by atoms with Gasteiger partial charge in [0.05, 0.1) is 18.5 Å². The molecule has 1 N–H and O–H groups in total. The van der Waals surface area contributed by atoms with Gasteiger partial charge in [-0.15, -0.1) is 0 Å². The van der Waals surface area contributed by atoms with Crippen molar-refractivity contribution >= 4 is 49.0 Å². The van der Waals surface area contributed by atoms with E-state index in [1.54, 1.807) is 17.0 Å². The van der Waals surface area contributed by atoms with Gasteiger partial charge < -0.3 is 14.2 Å². The molecule has 0 bridgehead atoms. The van der Waals surface area contributed by atoms with Crippen LogP contribution in [0.5, 0.6) is 5.75 Å². The summed E-state index contributed by atoms with van der Waals surface area (Å²) in [6.45, 7) is 1.51. The van der Waals surface area contributed by atoms with E-state index in [1.807, 2.05) is 60.7 Å². The first-order valence-corrected chi connectivity index (χ1v) is 21.3. The molecule has 12 nitrogen and oxygen atoms in total. The summed E-state index contributed by atoms with van der Waals surface area (Å²) in [7, 11) is -4.72. The van der Waals surface area contributed by atoms with Crippen LogP contribution in [0, 0.1) is 0 Å². The summed E-state index contributed by atoms with van der Waals surface area (Å²) in [5.74, 6) is -0.0403. The molecular formula is C39H45N5O7S2. The second-order valence-corrected chi connectivity index (χ2v) is 18.1. The van der Waals surface area contributed by atoms with E-state index < -0.39 is 26.1 Å². The molecule has 1 aromatic heterocycles. The fourth-order valence-corrected chi connectivity index (χ4v) is 9.07. The van der Waals surface area contributed by atoms with E-state index in [0.29, 0.717) is 17.9 Å². The lowest BCUT2D eigenvalue weighted by Crippen LogP contribution is -2.50. The molecule has 280 valence electrons. The molecule has 1 saturated heterocycles. The van der Waals surface area contributed by atoms with Crippen molar-refractivity contribution < 1.29 is 31.2 Å². The third-order valence-corrected chi connectivity index (χ3v) is 13.2. The highest BCUT2D eigenvalue weighted by Crippen LogP contribution is 2.47. The van der Waals surface area contributed by atoms with E-state index in [9.17, 15) is 26.4 Å². The van der Waals surface area contributed by atoms with Gasteiger partial charge in [0.2, 0.25) is 10.0 Å². The standard InChI is InChI=1S/C39H45N5O7S2/c1-41(2)53(49,50)40-38(45)29-14-16-34-35(24-29)44-25-31(39(46)42-18-20-43(21-19-42)52(3,47)48)22-30-23-32(51-26-27-10-6-4-7-11-27)15-17-33(30)37(44)36(34)28-12-8-5-9-13-28/h4,6-7,10-11,14-17,22-24,28H,5,8-9,12-13,18-21,25-26H2,1-3H3,(H,40,45). The molecule has 3 heterocycles. The van der Waals surface area contributed by atoms with Crippen LogP contribution in [-0.4, -0.2) is 93.3 Å². The first-order valence-electron chi connectivity index (χ1n) is 18.0. The Balaban J connectivity index is 1.36. The van der Waals surface area contributed by atoms with E-state index in [-0.39, 0.29) is 50.1 Å². The number of carbonyl (C=O) groups excluding carboxylic acids is 2. The summed E-state index contributed by atoms with van der Waals surface area (Å²) < 4.78 is 62.5. The molecule has 0 spiro atoms. The lowest BCUT2D eigenvalue weighted by Gasteiger charge is -2.33. The van der Waals surface area contributed by atoms with E-state index >= 15 is 0 Å². The van der Waals surface area contributed by atoms with E-state index in [4.69, 9.17) is 4.74 Å². The SMILES string of the molecule is CN(C)S(=O)(=O)NC(=O)c1ccc2c(C3CCCCC3)c3n(c2c1)CC(C(=O)N1CCN(S(C)(=O)=O)CC1)=Cc1cc(OCc2ccccc2)ccc1-3. The zero-order valence-electron chi connectivity index (χ0n) is 30.2. The number of hydrogen-bond acceptors (Lipinski definition) is 7. The summed E-state index contributed by atoms with van der Waals surface area (Å²) in [6, 6.07) is 21.2. The van der Waals surface area contributed by atoms with Gasteiger partial charge in [-0.05, 0) is 71.9 Å². The van der Waals surface area contributed by atoms with E-state index in [2.05, 4.69) is 9.29 Å². The number of rotatable bonds is 9. The highest BCUT2D eigenvalue weighted by atomic mass is 32.2. The minimum atomic E-state index is -4.03. The van der Waals surface area contributed by atoms with Crippen LogP contribution >= 0.6 is 0 Å². The van der Waals surface area contributed by atoms with Crippen molar-refractivity contribution in [2.75, 3.05) is 46.5 Å². The number of piperazine rings is 1. The van der Waals surface area contributed by atoms with Crippen molar-refractivity contribution in [1.82, 2.24) is 22.8 Å². The van der Waals surface area contributed by atoms with Gasteiger partial charge in [0, 0.05) is 67.9 Å².